The van der Waals surface area contributed by atoms with Crippen LogP contribution in [0.1, 0.15) is 27.7 Å². The van der Waals surface area contributed by atoms with Gasteiger partial charge in [0.15, 0.2) is 0 Å². The molecule has 1 amide bonds. The van der Waals surface area contributed by atoms with Crippen molar-refractivity contribution in [3.63, 3.8) is 0 Å². The first-order valence-corrected chi connectivity index (χ1v) is 7.16. The molecule has 0 heterocycles. The lowest BCUT2D eigenvalue weighted by molar-refractivity contribution is -0.125. The van der Waals surface area contributed by atoms with Gasteiger partial charge in [0.2, 0.25) is 5.91 Å². The SMILES string of the molecule is C[C](C)C(=O)N(C(C)C)S(=O)(=O)c1ccccc1. The van der Waals surface area contributed by atoms with Crippen LogP contribution >= 0.6 is 0 Å². The highest BCUT2D eigenvalue weighted by Crippen LogP contribution is 2.20. The van der Waals surface area contributed by atoms with Crippen LogP contribution < -0.4 is 0 Å². The molecule has 0 bridgehead atoms. The highest BCUT2D eigenvalue weighted by atomic mass is 32.2. The lowest BCUT2D eigenvalue weighted by Crippen LogP contribution is -2.43. The van der Waals surface area contributed by atoms with E-state index in [4.69, 9.17) is 0 Å². The van der Waals surface area contributed by atoms with Gasteiger partial charge in [-0.3, -0.25) is 4.79 Å². The van der Waals surface area contributed by atoms with Crippen LogP contribution in [0, 0.1) is 5.92 Å². The van der Waals surface area contributed by atoms with Gasteiger partial charge in [0.05, 0.1) is 10.8 Å². The number of amides is 1. The summed E-state index contributed by atoms with van der Waals surface area (Å²) in [5, 5.41) is 0. The maximum atomic E-state index is 12.4. The van der Waals surface area contributed by atoms with Gasteiger partial charge < -0.3 is 0 Å². The van der Waals surface area contributed by atoms with Crippen LogP contribution in [0.2, 0.25) is 0 Å². The predicted molar refractivity (Wildman–Crippen MR) is 70.2 cm³/mol. The Morgan fingerprint density at radius 1 is 1.11 bits per heavy atom. The fourth-order valence-electron chi connectivity index (χ4n) is 1.55. The summed E-state index contributed by atoms with van der Waals surface area (Å²) in [6, 6.07) is 7.57. The fraction of sp³-hybridized carbons (Fsp3) is 0.385. The molecule has 0 aliphatic heterocycles. The van der Waals surface area contributed by atoms with Crippen molar-refractivity contribution in [1.82, 2.24) is 4.31 Å². The largest absolute Gasteiger partial charge is 0.273 e. The van der Waals surface area contributed by atoms with E-state index in [-0.39, 0.29) is 4.90 Å². The highest BCUT2D eigenvalue weighted by molar-refractivity contribution is 7.89. The molecule has 1 aromatic rings. The lowest BCUT2D eigenvalue weighted by Gasteiger charge is -2.27. The molecule has 1 radical (unpaired) electrons. The van der Waals surface area contributed by atoms with Crippen molar-refractivity contribution >= 4 is 15.9 Å². The molecule has 0 aliphatic carbocycles. The first kappa shape index (κ1) is 14.7. The number of hydrogen-bond donors (Lipinski definition) is 0. The standard InChI is InChI=1S/C13H18NO3S/c1-10(2)13(15)14(11(3)4)18(16,17)12-8-6-5-7-9-12/h5-9,11H,1-4H3. The van der Waals surface area contributed by atoms with Crippen molar-refractivity contribution in [1.29, 1.82) is 0 Å². The van der Waals surface area contributed by atoms with Gasteiger partial charge in [0, 0.05) is 6.04 Å². The van der Waals surface area contributed by atoms with Gasteiger partial charge in [-0.15, -0.1) is 0 Å². The molecule has 0 aromatic heterocycles. The van der Waals surface area contributed by atoms with Crippen LogP contribution in [0.15, 0.2) is 35.2 Å². The quantitative estimate of drug-likeness (QED) is 0.841. The van der Waals surface area contributed by atoms with Crippen molar-refractivity contribution < 1.29 is 13.2 Å². The van der Waals surface area contributed by atoms with Crippen LogP contribution in [0.4, 0.5) is 0 Å². The first-order chi connectivity index (χ1) is 8.28. The van der Waals surface area contributed by atoms with Gasteiger partial charge >= 0.3 is 0 Å². The van der Waals surface area contributed by atoms with Gasteiger partial charge in [-0.05, 0) is 39.8 Å². The number of benzene rings is 1. The van der Waals surface area contributed by atoms with E-state index in [1.807, 2.05) is 0 Å². The average molecular weight is 268 g/mol. The van der Waals surface area contributed by atoms with E-state index in [0.717, 1.165) is 4.31 Å². The summed E-state index contributed by atoms with van der Waals surface area (Å²) in [5.74, 6) is -0.0166. The molecule has 99 valence electrons. The third kappa shape index (κ3) is 2.90. The molecule has 0 N–H and O–H groups in total. The van der Waals surface area contributed by atoms with E-state index in [9.17, 15) is 13.2 Å². The fourth-order valence-corrected chi connectivity index (χ4v) is 3.23. The number of carbonyl (C=O) groups excluding carboxylic acids is 1. The molecular formula is C13H18NO3S. The van der Waals surface area contributed by atoms with Gasteiger partial charge in [-0.25, -0.2) is 12.7 Å². The second kappa shape index (κ2) is 5.52. The van der Waals surface area contributed by atoms with Crippen molar-refractivity contribution in [2.45, 2.75) is 38.6 Å². The Labute approximate surface area is 109 Å². The summed E-state index contributed by atoms with van der Waals surface area (Å²) in [6.45, 7) is 6.58. The Hall–Kier alpha value is -1.36. The predicted octanol–water partition coefficient (Wildman–Crippen LogP) is 2.23. The van der Waals surface area contributed by atoms with E-state index in [2.05, 4.69) is 0 Å². The summed E-state index contributed by atoms with van der Waals surface area (Å²) in [4.78, 5) is 12.1. The molecule has 1 rings (SSSR count). The van der Waals surface area contributed by atoms with Gasteiger partial charge in [-0.1, -0.05) is 18.2 Å². The van der Waals surface area contributed by atoms with E-state index in [1.165, 1.54) is 12.1 Å². The highest BCUT2D eigenvalue weighted by Gasteiger charge is 2.32. The van der Waals surface area contributed by atoms with Crippen molar-refractivity contribution in [2.75, 3.05) is 0 Å². The zero-order valence-electron chi connectivity index (χ0n) is 11.0. The minimum Gasteiger partial charge on any atom is -0.273 e. The molecular weight excluding hydrogens is 250 g/mol. The molecule has 0 atom stereocenters. The summed E-state index contributed by atoms with van der Waals surface area (Å²) in [5.41, 5.74) is 0. The summed E-state index contributed by atoms with van der Waals surface area (Å²) in [7, 11) is -3.78. The Morgan fingerprint density at radius 2 is 1.61 bits per heavy atom. The Balaban J connectivity index is 3.27. The van der Waals surface area contributed by atoms with Crippen molar-refractivity contribution in [2.24, 2.45) is 0 Å². The molecule has 5 heteroatoms. The van der Waals surface area contributed by atoms with E-state index < -0.39 is 22.0 Å². The summed E-state index contributed by atoms with van der Waals surface area (Å²) in [6.07, 6.45) is 0. The van der Waals surface area contributed by atoms with E-state index in [1.54, 1.807) is 45.9 Å². The third-order valence-electron chi connectivity index (χ3n) is 2.40. The number of rotatable bonds is 4. The third-order valence-corrected chi connectivity index (χ3v) is 4.37. The Morgan fingerprint density at radius 3 is 2.00 bits per heavy atom. The van der Waals surface area contributed by atoms with E-state index >= 15 is 0 Å². The topological polar surface area (TPSA) is 54.5 Å². The molecule has 0 unspecified atom stereocenters. The summed E-state index contributed by atoms with van der Waals surface area (Å²) < 4.78 is 25.8. The van der Waals surface area contributed by atoms with Crippen molar-refractivity contribution in [3.05, 3.63) is 36.2 Å². The summed E-state index contributed by atoms with van der Waals surface area (Å²) >= 11 is 0. The number of hydrogen-bond acceptors (Lipinski definition) is 3. The molecule has 0 saturated carbocycles. The van der Waals surface area contributed by atoms with Crippen LogP contribution in [-0.4, -0.2) is 24.7 Å². The molecule has 0 aliphatic rings. The normalized spacial score (nSPS) is 11.9. The van der Waals surface area contributed by atoms with E-state index in [0.29, 0.717) is 5.92 Å². The lowest BCUT2D eigenvalue weighted by atomic mass is 10.2. The number of sulfonamides is 1. The Kier molecular flexibility index (Phi) is 4.51. The van der Waals surface area contributed by atoms with Crippen molar-refractivity contribution in [3.8, 4) is 0 Å². The number of nitrogens with zero attached hydrogens (tertiary/aromatic N) is 1. The molecule has 0 saturated heterocycles. The van der Waals surface area contributed by atoms with Crippen LogP contribution in [0.3, 0.4) is 0 Å². The van der Waals surface area contributed by atoms with Crippen LogP contribution in [0.5, 0.6) is 0 Å². The molecule has 18 heavy (non-hydrogen) atoms. The van der Waals surface area contributed by atoms with Crippen LogP contribution in [0.25, 0.3) is 0 Å². The van der Waals surface area contributed by atoms with Gasteiger partial charge in [0.25, 0.3) is 10.0 Å². The first-order valence-electron chi connectivity index (χ1n) is 5.72. The van der Waals surface area contributed by atoms with Crippen LogP contribution in [-0.2, 0) is 14.8 Å². The zero-order chi connectivity index (χ0) is 13.9. The number of carbonyl (C=O) groups is 1. The average Bonchev–Trinajstić information content (AvgIpc) is 2.29. The second-order valence-corrected chi connectivity index (χ2v) is 6.33. The maximum absolute atomic E-state index is 12.4. The second-order valence-electron chi connectivity index (χ2n) is 4.51. The Bertz CT molecular complexity index is 506. The minimum absolute atomic E-state index is 0.133. The van der Waals surface area contributed by atoms with Gasteiger partial charge in [-0.2, -0.15) is 0 Å². The smallest absolute Gasteiger partial charge is 0.266 e. The zero-order valence-corrected chi connectivity index (χ0v) is 11.9. The molecule has 4 nitrogen and oxygen atoms in total. The molecule has 0 spiro atoms. The minimum atomic E-state index is -3.78. The maximum Gasteiger partial charge on any atom is 0.266 e. The monoisotopic (exact) mass is 268 g/mol. The molecule has 0 fully saturated rings. The van der Waals surface area contributed by atoms with Gasteiger partial charge in [0.1, 0.15) is 0 Å². The molecule has 1 aromatic carbocycles.